The van der Waals surface area contributed by atoms with Crippen molar-refractivity contribution in [2.24, 2.45) is 11.8 Å². The predicted octanol–water partition coefficient (Wildman–Crippen LogP) is 1.86. The lowest BCUT2D eigenvalue weighted by molar-refractivity contribution is -0.135. The van der Waals surface area contributed by atoms with Gasteiger partial charge in [0.2, 0.25) is 0 Å². The Labute approximate surface area is 101 Å². The van der Waals surface area contributed by atoms with Gasteiger partial charge in [-0.1, -0.05) is 12.2 Å². The van der Waals surface area contributed by atoms with Crippen LogP contribution in [0, 0.1) is 11.8 Å². The molecule has 0 aliphatic heterocycles. The Morgan fingerprint density at radius 2 is 1.35 bits per heavy atom. The highest BCUT2D eigenvalue weighted by Crippen LogP contribution is 2.32. The number of hydrogen-bond acceptors (Lipinski definition) is 4. The van der Waals surface area contributed by atoms with Gasteiger partial charge in [-0.2, -0.15) is 0 Å². The number of ether oxygens (including phenoxy) is 2. The summed E-state index contributed by atoms with van der Waals surface area (Å²) in [7, 11) is 2.73. The Morgan fingerprint density at radius 3 is 1.71 bits per heavy atom. The average Bonchev–Trinajstić information content (AvgIpc) is 2.80. The molecule has 4 heteroatoms. The number of hydrogen-bond donors (Lipinski definition) is 0. The van der Waals surface area contributed by atoms with Crippen molar-refractivity contribution in [3.05, 3.63) is 24.3 Å². The molecule has 4 nitrogen and oxygen atoms in total. The lowest BCUT2D eigenvalue weighted by atomic mass is 10.0. The topological polar surface area (TPSA) is 52.6 Å². The second kappa shape index (κ2) is 6.89. The molecule has 0 aromatic carbocycles. The minimum absolute atomic E-state index is 0.321. The van der Waals surface area contributed by atoms with Gasteiger partial charge in [0.05, 0.1) is 14.2 Å². The normalized spacial score (nSPS) is 24.4. The zero-order valence-corrected chi connectivity index (χ0v) is 10.2. The molecule has 0 unspecified atom stereocenters. The highest BCUT2D eigenvalue weighted by Gasteiger charge is 2.21. The van der Waals surface area contributed by atoms with E-state index in [1.807, 2.05) is 12.2 Å². The van der Waals surface area contributed by atoms with Crippen LogP contribution in [0.4, 0.5) is 0 Å². The number of carbonyl (C=O) groups excluding carboxylic acids is 2. The summed E-state index contributed by atoms with van der Waals surface area (Å²) in [5.41, 5.74) is 0. The minimum Gasteiger partial charge on any atom is -0.466 e. The van der Waals surface area contributed by atoms with Crippen molar-refractivity contribution >= 4 is 11.9 Å². The Morgan fingerprint density at radius 1 is 0.941 bits per heavy atom. The van der Waals surface area contributed by atoms with E-state index in [4.69, 9.17) is 0 Å². The molecule has 1 aliphatic rings. The maximum atomic E-state index is 10.9. The lowest BCUT2D eigenvalue weighted by Gasteiger charge is -2.02. The van der Waals surface area contributed by atoms with E-state index in [0.29, 0.717) is 11.8 Å². The molecular weight excluding hydrogens is 220 g/mol. The van der Waals surface area contributed by atoms with Gasteiger partial charge in [-0.3, -0.25) is 0 Å². The molecule has 0 amide bonds. The molecule has 1 rings (SSSR count). The van der Waals surface area contributed by atoms with Crippen molar-refractivity contribution in [1.82, 2.24) is 0 Å². The first kappa shape index (κ1) is 13.5. The van der Waals surface area contributed by atoms with Crippen molar-refractivity contribution in [2.45, 2.75) is 19.3 Å². The lowest BCUT2D eigenvalue weighted by Crippen LogP contribution is -1.98. The van der Waals surface area contributed by atoms with Gasteiger partial charge in [-0.15, -0.1) is 0 Å². The fraction of sp³-hybridized carbons (Fsp3) is 0.538. The summed E-state index contributed by atoms with van der Waals surface area (Å²) in [5.74, 6) is 0.139. The largest absolute Gasteiger partial charge is 0.466 e. The van der Waals surface area contributed by atoms with Crippen molar-refractivity contribution in [3.63, 3.8) is 0 Å². The molecule has 1 saturated carbocycles. The number of rotatable bonds is 4. The van der Waals surface area contributed by atoms with Crippen LogP contribution in [0.2, 0.25) is 0 Å². The first-order valence-corrected chi connectivity index (χ1v) is 5.68. The fourth-order valence-electron chi connectivity index (χ4n) is 1.97. The van der Waals surface area contributed by atoms with Crippen LogP contribution in [0.5, 0.6) is 0 Å². The van der Waals surface area contributed by atoms with Crippen LogP contribution >= 0.6 is 0 Å². The van der Waals surface area contributed by atoms with E-state index in [-0.39, 0.29) is 11.9 Å². The third-order valence-electron chi connectivity index (χ3n) is 2.93. The smallest absolute Gasteiger partial charge is 0.330 e. The van der Waals surface area contributed by atoms with Crippen LogP contribution < -0.4 is 0 Å². The standard InChI is InChI=1S/C13H18O4/c1-16-12(14)7-5-10-3-4-11(9-10)6-8-13(15)17-2/h5-8,10-11H,3-4,9H2,1-2H3/b7-5+,8-6+/t10-,11+. The van der Waals surface area contributed by atoms with Crippen LogP contribution in [-0.2, 0) is 19.1 Å². The van der Waals surface area contributed by atoms with Crippen LogP contribution in [0.3, 0.4) is 0 Å². The maximum Gasteiger partial charge on any atom is 0.330 e. The number of allylic oxidation sites excluding steroid dienone is 2. The van der Waals surface area contributed by atoms with Crippen LogP contribution in [0.1, 0.15) is 19.3 Å². The van der Waals surface area contributed by atoms with Crippen molar-refractivity contribution < 1.29 is 19.1 Å². The van der Waals surface area contributed by atoms with E-state index in [1.54, 1.807) is 0 Å². The minimum atomic E-state index is -0.321. The quantitative estimate of drug-likeness (QED) is 0.554. The highest BCUT2D eigenvalue weighted by molar-refractivity contribution is 5.82. The SMILES string of the molecule is COC(=O)/C=C/[C@@H]1CC[C@H](/C=C/C(=O)OC)C1. The molecule has 0 heterocycles. The fourth-order valence-corrected chi connectivity index (χ4v) is 1.97. The van der Waals surface area contributed by atoms with Gasteiger partial charge >= 0.3 is 11.9 Å². The first-order valence-electron chi connectivity index (χ1n) is 5.68. The molecule has 1 aliphatic carbocycles. The van der Waals surface area contributed by atoms with Crippen LogP contribution in [0.25, 0.3) is 0 Å². The molecule has 0 aromatic heterocycles. The predicted molar refractivity (Wildman–Crippen MR) is 63.1 cm³/mol. The number of esters is 2. The third-order valence-corrected chi connectivity index (χ3v) is 2.93. The van der Waals surface area contributed by atoms with Gasteiger partial charge in [0.25, 0.3) is 0 Å². The molecule has 2 atom stereocenters. The van der Waals surface area contributed by atoms with Crippen molar-refractivity contribution in [3.8, 4) is 0 Å². The van der Waals surface area contributed by atoms with Gasteiger partial charge in [0, 0.05) is 12.2 Å². The summed E-state index contributed by atoms with van der Waals surface area (Å²) in [6.07, 6.45) is 9.73. The average molecular weight is 238 g/mol. The molecule has 94 valence electrons. The van der Waals surface area contributed by atoms with Crippen molar-refractivity contribution in [2.75, 3.05) is 14.2 Å². The monoisotopic (exact) mass is 238 g/mol. The maximum absolute atomic E-state index is 10.9. The molecule has 0 spiro atoms. The third kappa shape index (κ3) is 4.85. The molecular formula is C13H18O4. The van der Waals surface area contributed by atoms with Gasteiger partial charge in [0.1, 0.15) is 0 Å². The van der Waals surface area contributed by atoms with Gasteiger partial charge in [-0.05, 0) is 31.1 Å². The molecule has 1 fully saturated rings. The molecule has 0 aromatic rings. The molecule has 0 radical (unpaired) electrons. The van der Waals surface area contributed by atoms with Gasteiger partial charge in [-0.25, -0.2) is 9.59 Å². The first-order chi connectivity index (χ1) is 8.15. The Bertz CT molecular complexity index is 298. The van der Waals surface area contributed by atoms with Gasteiger partial charge < -0.3 is 9.47 Å². The van der Waals surface area contributed by atoms with Crippen LogP contribution in [0.15, 0.2) is 24.3 Å². The summed E-state index contributed by atoms with van der Waals surface area (Å²) in [6.45, 7) is 0. The zero-order valence-electron chi connectivity index (χ0n) is 10.2. The summed E-state index contributed by atoms with van der Waals surface area (Å²) in [4.78, 5) is 21.8. The summed E-state index contributed by atoms with van der Waals surface area (Å²) in [5, 5.41) is 0. The van der Waals surface area contributed by atoms with Gasteiger partial charge in [0.15, 0.2) is 0 Å². The van der Waals surface area contributed by atoms with E-state index < -0.39 is 0 Å². The van der Waals surface area contributed by atoms with E-state index in [9.17, 15) is 9.59 Å². The highest BCUT2D eigenvalue weighted by atomic mass is 16.5. The van der Waals surface area contributed by atoms with E-state index in [0.717, 1.165) is 19.3 Å². The second-order valence-corrected chi connectivity index (χ2v) is 4.10. The Hall–Kier alpha value is -1.58. The summed E-state index contributed by atoms with van der Waals surface area (Å²) < 4.78 is 9.06. The van der Waals surface area contributed by atoms with E-state index >= 15 is 0 Å². The number of carbonyl (C=O) groups is 2. The molecule has 0 saturated heterocycles. The van der Waals surface area contributed by atoms with E-state index in [2.05, 4.69) is 9.47 Å². The Balaban J connectivity index is 2.37. The van der Waals surface area contributed by atoms with Crippen molar-refractivity contribution in [1.29, 1.82) is 0 Å². The zero-order chi connectivity index (χ0) is 12.7. The Kier molecular flexibility index (Phi) is 5.46. The molecule has 0 N–H and O–H groups in total. The summed E-state index contributed by atoms with van der Waals surface area (Å²) >= 11 is 0. The second-order valence-electron chi connectivity index (χ2n) is 4.10. The van der Waals surface area contributed by atoms with Crippen LogP contribution in [-0.4, -0.2) is 26.2 Å². The molecule has 17 heavy (non-hydrogen) atoms. The molecule has 0 bridgehead atoms. The number of methoxy groups -OCH3 is 2. The van der Waals surface area contributed by atoms with E-state index in [1.165, 1.54) is 26.4 Å². The summed E-state index contributed by atoms with van der Waals surface area (Å²) in [6, 6.07) is 0.